The van der Waals surface area contributed by atoms with Crippen molar-refractivity contribution in [2.24, 2.45) is 0 Å². The van der Waals surface area contributed by atoms with Crippen LogP contribution in [0.3, 0.4) is 0 Å². The highest BCUT2D eigenvalue weighted by Gasteiger charge is 2.00. The number of rotatable bonds is 2. The Bertz CT molecular complexity index is 277. The molecule has 0 fully saturated rings. The number of hydrazine groups is 1. The minimum atomic E-state index is -0.281. The molecule has 5 heteroatoms. The Kier molecular flexibility index (Phi) is 2.37. The van der Waals surface area contributed by atoms with Crippen molar-refractivity contribution in [3.63, 3.8) is 0 Å². The van der Waals surface area contributed by atoms with E-state index in [0.717, 1.165) is 5.01 Å². The molecular formula is C7H9N2O3-. The number of anilines is 1. The summed E-state index contributed by atoms with van der Waals surface area (Å²) < 4.78 is 0. The highest BCUT2D eigenvalue weighted by molar-refractivity contribution is 5.58. The van der Waals surface area contributed by atoms with Gasteiger partial charge in [0.1, 0.15) is 5.75 Å². The van der Waals surface area contributed by atoms with E-state index in [1.165, 1.54) is 25.2 Å². The molecule has 0 atom stereocenters. The molecule has 1 rings (SSSR count). The van der Waals surface area contributed by atoms with Gasteiger partial charge in [-0.05, 0) is 6.07 Å². The molecule has 0 spiro atoms. The molecular weight excluding hydrogens is 160 g/mol. The second-order valence-corrected chi connectivity index (χ2v) is 2.31. The van der Waals surface area contributed by atoms with E-state index in [1.807, 2.05) is 0 Å². The van der Waals surface area contributed by atoms with Gasteiger partial charge < -0.3 is 10.2 Å². The van der Waals surface area contributed by atoms with Crippen molar-refractivity contribution in [2.75, 3.05) is 12.1 Å². The van der Waals surface area contributed by atoms with Gasteiger partial charge in [-0.2, -0.15) is 0 Å². The Morgan fingerprint density at radius 2 is 2.17 bits per heavy atom. The molecule has 0 heterocycles. The summed E-state index contributed by atoms with van der Waals surface area (Å²) in [6.07, 6.45) is 0. The van der Waals surface area contributed by atoms with Crippen molar-refractivity contribution in [2.45, 2.75) is 0 Å². The molecule has 0 aliphatic rings. The first-order valence-corrected chi connectivity index (χ1v) is 3.28. The van der Waals surface area contributed by atoms with Crippen LogP contribution < -0.4 is 15.7 Å². The number of hydrogen-bond acceptors (Lipinski definition) is 5. The van der Waals surface area contributed by atoms with Crippen LogP contribution >= 0.6 is 0 Å². The molecule has 12 heavy (non-hydrogen) atoms. The van der Waals surface area contributed by atoms with E-state index in [4.69, 9.17) is 10.3 Å². The van der Waals surface area contributed by atoms with Crippen molar-refractivity contribution in [3.8, 4) is 11.5 Å². The highest BCUT2D eigenvalue weighted by atomic mass is 16.5. The maximum absolute atomic E-state index is 11.1. The first-order chi connectivity index (χ1) is 5.65. The van der Waals surface area contributed by atoms with Gasteiger partial charge in [-0.3, -0.25) is 10.2 Å². The predicted octanol–water partition coefficient (Wildman–Crippen LogP) is -0.204. The SMILES string of the molecule is CN(NO)c1cc(O)ccc1[O-]. The van der Waals surface area contributed by atoms with Crippen LogP contribution in [0.5, 0.6) is 11.5 Å². The van der Waals surface area contributed by atoms with Crippen LogP contribution in [-0.4, -0.2) is 17.4 Å². The lowest BCUT2D eigenvalue weighted by atomic mass is 10.3. The predicted molar refractivity (Wildman–Crippen MR) is 40.9 cm³/mol. The summed E-state index contributed by atoms with van der Waals surface area (Å²) in [5.74, 6) is -0.302. The van der Waals surface area contributed by atoms with Gasteiger partial charge in [-0.25, -0.2) is 0 Å². The summed E-state index contributed by atoms with van der Waals surface area (Å²) in [6.45, 7) is 0. The zero-order valence-corrected chi connectivity index (χ0v) is 6.48. The van der Waals surface area contributed by atoms with Crippen LogP contribution in [-0.2, 0) is 0 Å². The smallest absolute Gasteiger partial charge is 0.117 e. The van der Waals surface area contributed by atoms with Crippen molar-refractivity contribution >= 4 is 5.69 Å². The summed E-state index contributed by atoms with van der Waals surface area (Å²) in [4.78, 5) is 0. The Balaban J connectivity index is 3.04. The van der Waals surface area contributed by atoms with Crippen LogP contribution in [0, 0.1) is 0 Å². The van der Waals surface area contributed by atoms with Crippen molar-refractivity contribution in [1.29, 1.82) is 0 Å². The fourth-order valence-corrected chi connectivity index (χ4v) is 0.822. The molecule has 0 bridgehead atoms. The molecule has 66 valence electrons. The monoisotopic (exact) mass is 169 g/mol. The van der Waals surface area contributed by atoms with Crippen LogP contribution in [0.4, 0.5) is 5.69 Å². The maximum Gasteiger partial charge on any atom is 0.117 e. The average Bonchev–Trinajstić information content (AvgIpc) is 2.08. The summed E-state index contributed by atoms with van der Waals surface area (Å²) >= 11 is 0. The standard InChI is InChI=1S/C7H10N2O3/c1-9(8-12)6-4-5(10)2-3-7(6)11/h2-4,8,10-12H,1H3/p-1. The van der Waals surface area contributed by atoms with E-state index in [1.54, 1.807) is 5.59 Å². The first-order valence-electron chi connectivity index (χ1n) is 3.28. The molecule has 3 N–H and O–H groups in total. The van der Waals surface area contributed by atoms with E-state index in [9.17, 15) is 5.11 Å². The van der Waals surface area contributed by atoms with Crippen molar-refractivity contribution in [1.82, 2.24) is 5.59 Å². The van der Waals surface area contributed by atoms with Crippen LogP contribution in [0.25, 0.3) is 0 Å². The van der Waals surface area contributed by atoms with Gasteiger partial charge in [0.15, 0.2) is 0 Å². The lowest BCUT2D eigenvalue weighted by molar-refractivity contribution is -0.267. The molecule has 5 nitrogen and oxygen atoms in total. The quantitative estimate of drug-likeness (QED) is 0.534. The van der Waals surface area contributed by atoms with E-state index in [0.29, 0.717) is 0 Å². The summed E-state index contributed by atoms with van der Waals surface area (Å²) in [5.41, 5.74) is 1.95. The summed E-state index contributed by atoms with van der Waals surface area (Å²) in [6, 6.07) is 3.76. The zero-order valence-electron chi connectivity index (χ0n) is 6.48. The molecule has 0 aliphatic heterocycles. The summed E-state index contributed by atoms with van der Waals surface area (Å²) in [5, 5.41) is 29.6. The average molecular weight is 169 g/mol. The number of benzene rings is 1. The van der Waals surface area contributed by atoms with Gasteiger partial charge in [-0.1, -0.05) is 11.8 Å². The number of phenolic OH excluding ortho intramolecular Hbond substituents is 1. The number of aromatic hydroxyl groups is 1. The minimum Gasteiger partial charge on any atom is -0.871 e. The molecule has 1 aromatic carbocycles. The lowest BCUT2D eigenvalue weighted by Gasteiger charge is -2.22. The lowest BCUT2D eigenvalue weighted by Crippen LogP contribution is -2.31. The van der Waals surface area contributed by atoms with Crippen molar-refractivity contribution in [3.05, 3.63) is 18.2 Å². The molecule has 0 saturated carbocycles. The van der Waals surface area contributed by atoms with E-state index in [2.05, 4.69) is 0 Å². The van der Waals surface area contributed by atoms with E-state index < -0.39 is 0 Å². The molecule has 0 unspecified atom stereocenters. The van der Waals surface area contributed by atoms with Gasteiger partial charge >= 0.3 is 0 Å². The Morgan fingerprint density at radius 3 is 2.75 bits per heavy atom. The Hall–Kier alpha value is -1.46. The van der Waals surface area contributed by atoms with Gasteiger partial charge in [0.05, 0.1) is 0 Å². The third-order valence-corrected chi connectivity index (χ3v) is 1.45. The Labute approximate surface area is 69.4 Å². The maximum atomic E-state index is 11.1. The van der Waals surface area contributed by atoms with Crippen LogP contribution in [0.2, 0.25) is 0 Å². The zero-order chi connectivity index (χ0) is 9.14. The number of phenols is 1. The van der Waals surface area contributed by atoms with Gasteiger partial charge in [0.25, 0.3) is 0 Å². The fourth-order valence-electron chi connectivity index (χ4n) is 0.822. The largest absolute Gasteiger partial charge is 0.871 e. The molecule has 0 amide bonds. The highest BCUT2D eigenvalue weighted by Crippen LogP contribution is 2.26. The number of nitrogens with one attached hydrogen (secondary N) is 1. The van der Waals surface area contributed by atoms with Crippen LogP contribution in [0.15, 0.2) is 18.2 Å². The second-order valence-electron chi connectivity index (χ2n) is 2.31. The molecule has 0 aliphatic carbocycles. The van der Waals surface area contributed by atoms with Gasteiger partial charge in [0.2, 0.25) is 0 Å². The van der Waals surface area contributed by atoms with Gasteiger partial charge in [-0.15, -0.1) is 5.59 Å². The fraction of sp³-hybridized carbons (Fsp3) is 0.143. The van der Waals surface area contributed by atoms with Crippen LogP contribution in [0.1, 0.15) is 0 Å². The third-order valence-electron chi connectivity index (χ3n) is 1.45. The van der Waals surface area contributed by atoms with Crippen molar-refractivity contribution < 1.29 is 15.4 Å². The molecule has 0 saturated heterocycles. The first kappa shape index (κ1) is 8.63. The molecule has 0 aromatic heterocycles. The number of hydrogen-bond donors (Lipinski definition) is 3. The Morgan fingerprint density at radius 1 is 1.50 bits per heavy atom. The molecule has 1 aromatic rings. The molecule has 0 radical (unpaired) electrons. The minimum absolute atomic E-state index is 0.0216. The van der Waals surface area contributed by atoms with E-state index >= 15 is 0 Å². The normalized spacial score (nSPS) is 9.83. The topological polar surface area (TPSA) is 78.8 Å². The summed E-state index contributed by atoms with van der Waals surface area (Å²) in [7, 11) is 1.45. The second kappa shape index (κ2) is 3.29. The third kappa shape index (κ3) is 1.58. The number of nitrogens with zero attached hydrogens (tertiary/aromatic N) is 1. The van der Waals surface area contributed by atoms with Gasteiger partial charge in [0, 0.05) is 18.8 Å². The van der Waals surface area contributed by atoms with E-state index in [-0.39, 0.29) is 17.2 Å².